The van der Waals surface area contributed by atoms with Gasteiger partial charge in [0.15, 0.2) is 5.96 Å². The normalized spacial score (nSPS) is 20.4. The van der Waals surface area contributed by atoms with Crippen molar-refractivity contribution in [2.75, 3.05) is 39.9 Å². The lowest BCUT2D eigenvalue weighted by molar-refractivity contribution is -0.0367. The number of nitrogens with one attached hydrogen (secondary N) is 1. The van der Waals surface area contributed by atoms with Gasteiger partial charge in [0.25, 0.3) is 0 Å². The zero-order valence-electron chi connectivity index (χ0n) is 17.9. The number of rotatable bonds is 6. The molecule has 2 aromatic rings. The van der Waals surface area contributed by atoms with E-state index in [1.165, 1.54) is 22.8 Å². The van der Waals surface area contributed by atoms with E-state index >= 15 is 0 Å². The molecule has 0 radical (unpaired) electrons. The molecule has 5 nitrogen and oxygen atoms in total. The Morgan fingerprint density at radius 1 is 1.13 bits per heavy atom. The van der Waals surface area contributed by atoms with E-state index in [-0.39, 0.29) is 24.0 Å². The average molecular weight is 523 g/mol. The summed E-state index contributed by atoms with van der Waals surface area (Å²) in [5.74, 6) is 1.00. The van der Waals surface area contributed by atoms with Crippen molar-refractivity contribution in [2.45, 2.75) is 44.3 Å². The molecule has 6 heteroatoms. The second kappa shape index (κ2) is 11.9. The molecule has 2 aromatic carbocycles. The minimum absolute atomic E-state index is 0. The predicted molar refractivity (Wildman–Crippen MR) is 134 cm³/mol. The second-order valence-corrected chi connectivity index (χ2v) is 8.02. The largest absolute Gasteiger partial charge is 0.376 e. The van der Waals surface area contributed by atoms with E-state index in [0.717, 1.165) is 64.5 Å². The smallest absolute Gasteiger partial charge is 0.193 e. The SMILES string of the molecule is CN=C(NCCc1cccc2ccccc12)N1CCC(OCC2CCCO2)CC1.I. The van der Waals surface area contributed by atoms with Gasteiger partial charge in [-0.15, -0.1) is 24.0 Å². The van der Waals surface area contributed by atoms with Crippen molar-refractivity contribution in [3.05, 3.63) is 48.0 Å². The minimum Gasteiger partial charge on any atom is -0.376 e. The number of halogens is 1. The summed E-state index contributed by atoms with van der Waals surface area (Å²) in [7, 11) is 1.88. The van der Waals surface area contributed by atoms with Crippen LogP contribution < -0.4 is 5.32 Å². The standard InChI is InChI=1S/C24H33N3O2.HI/c1-25-24(26-14-11-20-8-4-7-19-6-2-3-10-23(19)20)27-15-12-21(13-16-27)29-18-22-9-5-17-28-22;/h2-4,6-8,10,21-22H,5,9,11-18H2,1H3,(H,25,26);1H. The molecule has 0 bridgehead atoms. The Bertz CT molecular complexity index is 810. The second-order valence-electron chi connectivity index (χ2n) is 8.02. The van der Waals surface area contributed by atoms with Crippen molar-refractivity contribution in [3.8, 4) is 0 Å². The number of fused-ring (bicyclic) bond motifs is 1. The Kier molecular flexibility index (Phi) is 9.21. The molecule has 2 aliphatic rings. The first-order valence-corrected chi connectivity index (χ1v) is 11.0. The third-order valence-corrected chi connectivity index (χ3v) is 6.05. The fourth-order valence-electron chi connectivity index (χ4n) is 4.41. The molecule has 0 aliphatic carbocycles. The highest BCUT2D eigenvalue weighted by atomic mass is 127. The molecule has 30 heavy (non-hydrogen) atoms. The van der Waals surface area contributed by atoms with E-state index in [4.69, 9.17) is 9.47 Å². The van der Waals surface area contributed by atoms with Crippen molar-refractivity contribution in [1.29, 1.82) is 0 Å². The number of piperidine rings is 1. The van der Waals surface area contributed by atoms with E-state index in [1.807, 2.05) is 7.05 Å². The molecule has 2 saturated heterocycles. The van der Waals surface area contributed by atoms with E-state index < -0.39 is 0 Å². The van der Waals surface area contributed by atoms with Crippen LogP contribution in [-0.4, -0.2) is 63.0 Å². The Morgan fingerprint density at radius 2 is 1.93 bits per heavy atom. The Balaban J connectivity index is 0.00000256. The molecule has 1 N–H and O–H groups in total. The molecule has 1 atom stereocenters. The maximum Gasteiger partial charge on any atom is 0.193 e. The van der Waals surface area contributed by atoms with Crippen LogP contribution in [0, 0.1) is 0 Å². The van der Waals surface area contributed by atoms with Crippen LogP contribution in [-0.2, 0) is 15.9 Å². The van der Waals surface area contributed by atoms with Crippen molar-refractivity contribution >= 4 is 40.7 Å². The third-order valence-electron chi connectivity index (χ3n) is 6.05. The van der Waals surface area contributed by atoms with Crippen LogP contribution in [0.15, 0.2) is 47.5 Å². The first-order chi connectivity index (χ1) is 14.3. The van der Waals surface area contributed by atoms with Gasteiger partial charge < -0.3 is 19.7 Å². The lowest BCUT2D eigenvalue weighted by Gasteiger charge is -2.34. The minimum atomic E-state index is 0. The van der Waals surface area contributed by atoms with Gasteiger partial charge in [0, 0.05) is 33.3 Å². The number of aliphatic imine (C=N–C) groups is 1. The van der Waals surface area contributed by atoms with Gasteiger partial charge in [-0.2, -0.15) is 0 Å². The van der Waals surface area contributed by atoms with E-state index in [2.05, 4.69) is 57.7 Å². The topological polar surface area (TPSA) is 46.1 Å². The number of benzene rings is 2. The van der Waals surface area contributed by atoms with Crippen LogP contribution in [0.25, 0.3) is 10.8 Å². The van der Waals surface area contributed by atoms with Gasteiger partial charge in [-0.25, -0.2) is 0 Å². The van der Waals surface area contributed by atoms with Crippen molar-refractivity contribution in [1.82, 2.24) is 10.2 Å². The third kappa shape index (κ3) is 6.08. The van der Waals surface area contributed by atoms with E-state index in [0.29, 0.717) is 12.2 Å². The van der Waals surface area contributed by atoms with Crippen molar-refractivity contribution in [2.24, 2.45) is 4.99 Å². The van der Waals surface area contributed by atoms with E-state index in [9.17, 15) is 0 Å². The van der Waals surface area contributed by atoms with Gasteiger partial charge in [0.2, 0.25) is 0 Å². The predicted octanol–water partition coefficient (Wildman–Crippen LogP) is 4.24. The molecular weight excluding hydrogens is 489 g/mol. The summed E-state index contributed by atoms with van der Waals surface area (Å²) in [6.45, 7) is 4.51. The Morgan fingerprint density at radius 3 is 2.70 bits per heavy atom. The highest BCUT2D eigenvalue weighted by Crippen LogP contribution is 2.19. The van der Waals surface area contributed by atoms with Gasteiger partial charge >= 0.3 is 0 Å². The summed E-state index contributed by atoms with van der Waals surface area (Å²) in [6.07, 6.45) is 6.08. The Hall–Kier alpha value is -1.38. The fourth-order valence-corrected chi connectivity index (χ4v) is 4.41. The number of likely N-dealkylation sites (tertiary alicyclic amines) is 1. The monoisotopic (exact) mass is 523 g/mol. The van der Waals surface area contributed by atoms with E-state index in [1.54, 1.807) is 0 Å². The summed E-state index contributed by atoms with van der Waals surface area (Å²) in [5.41, 5.74) is 1.38. The van der Waals surface area contributed by atoms with Crippen molar-refractivity contribution in [3.63, 3.8) is 0 Å². The maximum atomic E-state index is 6.10. The number of hydrogen-bond acceptors (Lipinski definition) is 3. The number of ether oxygens (including phenoxy) is 2. The van der Waals surface area contributed by atoms with Crippen LogP contribution in [0.3, 0.4) is 0 Å². The lowest BCUT2D eigenvalue weighted by Crippen LogP contribution is -2.47. The number of nitrogens with zero attached hydrogens (tertiary/aromatic N) is 2. The van der Waals surface area contributed by atoms with Gasteiger partial charge in [0.05, 0.1) is 18.8 Å². The highest BCUT2D eigenvalue weighted by Gasteiger charge is 2.24. The molecule has 164 valence electrons. The summed E-state index contributed by atoms with van der Waals surface area (Å²) in [4.78, 5) is 6.87. The molecule has 0 saturated carbocycles. The number of guanidine groups is 1. The molecule has 2 heterocycles. The first-order valence-electron chi connectivity index (χ1n) is 11.0. The molecule has 0 spiro atoms. The molecule has 4 rings (SSSR count). The van der Waals surface area contributed by atoms with Gasteiger partial charge in [-0.1, -0.05) is 42.5 Å². The molecule has 2 aliphatic heterocycles. The first kappa shape index (κ1) is 23.3. The summed E-state index contributed by atoms with van der Waals surface area (Å²) < 4.78 is 11.8. The van der Waals surface area contributed by atoms with Crippen molar-refractivity contribution < 1.29 is 9.47 Å². The van der Waals surface area contributed by atoms with Crippen LogP contribution in [0.4, 0.5) is 0 Å². The lowest BCUT2D eigenvalue weighted by atomic mass is 10.0. The maximum absolute atomic E-state index is 6.10. The zero-order valence-corrected chi connectivity index (χ0v) is 20.2. The quantitative estimate of drug-likeness (QED) is 0.350. The van der Waals surface area contributed by atoms with Crippen LogP contribution >= 0.6 is 24.0 Å². The molecular formula is C24H34IN3O2. The number of hydrogen-bond donors (Lipinski definition) is 1. The average Bonchev–Trinajstić information content (AvgIpc) is 3.30. The summed E-state index contributed by atoms with van der Waals surface area (Å²) >= 11 is 0. The molecule has 0 aromatic heterocycles. The highest BCUT2D eigenvalue weighted by molar-refractivity contribution is 14.0. The molecule has 1 unspecified atom stereocenters. The van der Waals surface area contributed by atoms with Crippen LogP contribution in [0.2, 0.25) is 0 Å². The molecule has 0 amide bonds. The van der Waals surface area contributed by atoms with Gasteiger partial charge in [-0.05, 0) is 48.4 Å². The Labute approximate surface area is 197 Å². The fraction of sp³-hybridized carbons (Fsp3) is 0.542. The summed E-state index contributed by atoms with van der Waals surface area (Å²) in [5, 5.41) is 6.21. The van der Waals surface area contributed by atoms with Gasteiger partial charge in [0.1, 0.15) is 0 Å². The molecule has 2 fully saturated rings. The zero-order chi connectivity index (χ0) is 19.9. The van der Waals surface area contributed by atoms with Crippen LogP contribution in [0.1, 0.15) is 31.2 Å². The summed E-state index contributed by atoms with van der Waals surface area (Å²) in [6, 6.07) is 15.1. The van der Waals surface area contributed by atoms with Crippen LogP contribution in [0.5, 0.6) is 0 Å². The van der Waals surface area contributed by atoms with Gasteiger partial charge in [-0.3, -0.25) is 4.99 Å².